The Hall–Kier alpha value is -2.14. The number of benzene rings is 1. The van der Waals surface area contributed by atoms with Crippen LogP contribution in [0.1, 0.15) is 13.8 Å². The number of amides is 1. The Morgan fingerprint density at radius 3 is 2.47 bits per heavy atom. The number of carbonyl (C=O) groups excluding carboxylic acids is 1. The molecule has 0 saturated carbocycles. The molecule has 5 heteroatoms. The number of carbonyl (C=O) groups is 1. The fourth-order valence-corrected chi connectivity index (χ4v) is 1.68. The molecule has 1 unspecified atom stereocenters. The maximum absolute atomic E-state index is 11.8. The largest absolute Gasteiger partial charge is 0.325 e. The topological polar surface area (TPSA) is 83.8 Å². The maximum atomic E-state index is 11.8. The van der Waals surface area contributed by atoms with Crippen LogP contribution in [0.25, 0.3) is 11.3 Å². The molecular weight excluding hydrogens is 240 g/mol. The van der Waals surface area contributed by atoms with Crippen LogP contribution >= 0.6 is 0 Å². The summed E-state index contributed by atoms with van der Waals surface area (Å²) in [6.45, 7) is 3.84. The van der Waals surface area contributed by atoms with Crippen LogP contribution in [0.3, 0.4) is 0 Å². The van der Waals surface area contributed by atoms with Crippen molar-refractivity contribution in [2.45, 2.75) is 19.9 Å². The quantitative estimate of drug-likeness (QED) is 0.784. The monoisotopic (exact) mass is 258 g/mol. The molecule has 1 aromatic heterocycles. The van der Waals surface area contributed by atoms with Gasteiger partial charge >= 0.3 is 0 Å². The summed E-state index contributed by atoms with van der Waals surface area (Å²) >= 11 is 0. The zero-order chi connectivity index (χ0) is 13.8. The highest BCUT2D eigenvalue weighted by molar-refractivity contribution is 5.95. The van der Waals surface area contributed by atoms with Gasteiger partial charge in [0.2, 0.25) is 5.91 Å². The number of nitrogens with two attached hydrogens (primary N) is 1. The molecule has 0 bridgehead atoms. The number of H-pyrrole nitrogens is 1. The van der Waals surface area contributed by atoms with Gasteiger partial charge in [0.15, 0.2) is 0 Å². The van der Waals surface area contributed by atoms with E-state index < -0.39 is 6.04 Å². The average molecular weight is 258 g/mol. The minimum Gasteiger partial charge on any atom is -0.325 e. The van der Waals surface area contributed by atoms with Gasteiger partial charge < -0.3 is 11.1 Å². The SMILES string of the molecule is CC(C)C(N)C(=O)Nc1ccc(-c2ccn[nH]2)cc1. The van der Waals surface area contributed by atoms with Crippen molar-refractivity contribution < 1.29 is 4.79 Å². The van der Waals surface area contributed by atoms with Crippen molar-refractivity contribution in [1.82, 2.24) is 10.2 Å². The van der Waals surface area contributed by atoms with Crippen molar-refractivity contribution in [3.63, 3.8) is 0 Å². The normalized spacial score (nSPS) is 12.4. The fraction of sp³-hybridized carbons (Fsp3) is 0.286. The summed E-state index contributed by atoms with van der Waals surface area (Å²) in [4.78, 5) is 11.8. The van der Waals surface area contributed by atoms with Crippen molar-refractivity contribution in [2.75, 3.05) is 5.32 Å². The fourth-order valence-electron chi connectivity index (χ4n) is 1.68. The second kappa shape index (κ2) is 5.67. The van der Waals surface area contributed by atoms with Crippen LogP contribution in [0.5, 0.6) is 0 Å². The van der Waals surface area contributed by atoms with E-state index in [1.165, 1.54) is 0 Å². The van der Waals surface area contributed by atoms with Gasteiger partial charge in [-0.2, -0.15) is 5.10 Å². The van der Waals surface area contributed by atoms with Crippen molar-refractivity contribution in [2.24, 2.45) is 11.7 Å². The van der Waals surface area contributed by atoms with Crippen LogP contribution in [-0.2, 0) is 4.79 Å². The lowest BCUT2D eigenvalue weighted by Crippen LogP contribution is -2.39. The third-order valence-electron chi connectivity index (χ3n) is 2.99. The molecule has 4 N–H and O–H groups in total. The molecule has 0 aliphatic rings. The van der Waals surface area contributed by atoms with Crippen LogP contribution < -0.4 is 11.1 Å². The third kappa shape index (κ3) is 3.20. The Balaban J connectivity index is 2.05. The van der Waals surface area contributed by atoms with E-state index in [2.05, 4.69) is 15.5 Å². The van der Waals surface area contributed by atoms with E-state index in [4.69, 9.17) is 5.73 Å². The van der Waals surface area contributed by atoms with E-state index in [-0.39, 0.29) is 11.8 Å². The van der Waals surface area contributed by atoms with E-state index in [1.807, 2.05) is 44.2 Å². The zero-order valence-electron chi connectivity index (χ0n) is 11.1. The smallest absolute Gasteiger partial charge is 0.241 e. The van der Waals surface area contributed by atoms with Gasteiger partial charge in [0, 0.05) is 11.9 Å². The molecule has 0 spiro atoms. The first-order valence-electron chi connectivity index (χ1n) is 6.24. The third-order valence-corrected chi connectivity index (χ3v) is 2.99. The van der Waals surface area contributed by atoms with Gasteiger partial charge in [0.05, 0.1) is 11.7 Å². The van der Waals surface area contributed by atoms with Crippen LogP contribution in [0.2, 0.25) is 0 Å². The summed E-state index contributed by atoms with van der Waals surface area (Å²) in [7, 11) is 0. The maximum Gasteiger partial charge on any atom is 0.241 e. The minimum atomic E-state index is -0.493. The molecule has 0 aliphatic heterocycles. The zero-order valence-corrected chi connectivity index (χ0v) is 11.1. The number of nitrogens with one attached hydrogen (secondary N) is 2. The van der Waals surface area contributed by atoms with Crippen molar-refractivity contribution in [3.8, 4) is 11.3 Å². The molecule has 1 amide bonds. The molecule has 2 aromatic rings. The van der Waals surface area contributed by atoms with E-state index in [9.17, 15) is 4.79 Å². The van der Waals surface area contributed by atoms with Crippen LogP contribution in [-0.4, -0.2) is 22.1 Å². The standard InChI is InChI=1S/C14H18N4O/c1-9(2)13(15)14(19)17-11-5-3-10(4-6-11)12-7-8-16-18-12/h3-9,13H,15H2,1-2H3,(H,16,18)(H,17,19). The summed E-state index contributed by atoms with van der Waals surface area (Å²) in [5, 5.41) is 9.60. The van der Waals surface area contributed by atoms with Gasteiger partial charge in [0.25, 0.3) is 0 Å². The van der Waals surface area contributed by atoms with Crippen LogP contribution in [0, 0.1) is 5.92 Å². The molecule has 0 fully saturated rings. The summed E-state index contributed by atoms with van der Waals surface area (Å²) < 4.78 is 0. The number of rotatable bonds is 4. The number of hydrogen-bond donors (Lipinski definition) is 3. The Morgan fingerprint density at radius 1 is 1.26 bits per heavy atom. The van der Waals surface area contributed by atoms with Crippen LogP contribution in [0.15, 0.2) is 36.5 Å². The predicted molar refractivity (Wildman–Crippen MR) is 75.5 cm³/mol. The van der Waals surface area contributed by atoms with E-state index in [0.717, 1.165) is 16.9 Å². The molecule has 1 atom stereocenters. The molecule has 0 saturated heterocycles. The molecule has 1 aromatic carbocycles. The van der Waals surface area contributed by atoms with Gasteiger partial charge in [0.1, 0.15) is 0 Å². The highest BCUT2D eigenvalue weighted by Gasteiger charge is 2.16. The summed E-state index contributed by atoms with van der Waals surface area (Å²) in [6, 6.07) is 8.94. The molecule has 0 aliphatic carbocycles. The Morgan fingerprint density at radius 2 is 1.95 bits per heavy atom. The highest BCUT2D eigenvalue weighted by atomic mass is 16.2. The molecule has 1 heterocycles. The van der Waals surface area contributed by atoms with Gasteiger partial charge in [-0.1, -0.05) is 26.0 Å². The van der Waals surface area contributed by atoms with Crippen molar-refractivity contribution in [3.05, 3.63) is 36.5 Å². The predicted octanol–water partition coefficient (Wildman–Crippen LogP) is 2.00. The number of anilines is 1. The second-order valence-electron chi connectivity index (χ2n) is 4.81. The number of aromatic amines is 1. The summed E-state index contributed by atoms with van der Waals surface area (Å²) in [6.07, 6.45) is 1.70. The molecule has 0 radical (unpaired) electrons. The number of nitrogens with zero attached hydrogens (tertiary/aromatic N) is 1. The molecule has 2 rings (SSSR count). The first-order valence-corrected chi connectivity index (χ1v) is 6.24. The number of aromatic nitrogens is 2. The minimum absolute atomic E-state index is 0.115. The second-order valence-corrected chi connectivity index (χ2v) is 4.81. The lowest BCUT2D eigenvalue weighted by atomic mass is 10.0. The van der Waals surface area contributed by atoms with Crippen LogP contribution in [0.4, 0.5) is 5.69 Å². The van der Waals surface area contributed by atoms with Gasteiger partial charge in [-0.05, 0) is 29.7 Å². The van der Waals surface area contributed by atoms with Crippen molar-refractivity contribution in [1.29, 1.82) is 0 Å². The highest BCUT2D eigenvalue weighted by Crippen LogP contribution is 2.19. The van der Waals surface area contributed by atoms with E-state index in [1.54, 1.807) is 6.20 Å². The van der Waals surface area contributed by atoms with Gasteiger partial charge in [-0.15, -0.1) is 0 Å². The van der Waals surface area contributed by atoms with Crippen molar-refractivity contribution >= 4 is 11.6 Å². The summed E-state index contributed by atoms with van der Waals surface area (Å²) in [5.41, 5.74) is 8.49. The molecule has 19 heavy (non-hydrogen) atoms. The first kappa shape index (κ1) is 13.3. The molecular formula is C14H18N4O. The number of hydrogen-bond acceptors (Lipinski definition) is 3. The molecule has 100 valence electrons. The Bertz CT molecular complexity index is 531. The lowest BCUT2D eigenvalue weighted by Gasteiger charge is -2.15. The Kier molecular flexibility index (Phi) is 3.97. The molecule has 5 nitrogen and oxygen atoms in total. The Labute approximate surface area is 112 Å². The van der Waals surface area contributed by atoms with Gasteiger partial charge in [-0.3, -0.25) is 9.89 Å². The lowest BCUT2D eigenvalue weighted by molar-refractivity contribution is -0.118. The average Bonchev–Trinajstić information content (AvgIpc) is 2.92. The van der Waals surface area contributed by atoms with E-state index in [0.29, 0.717) is 0 Å². The first-order chi connectivity index (χ1) is 9.08. The van der Waals surface area contributed by atoms with E-state index >= 15 is 0 Å². The summed E-state index contributed by atoms with van der Waals surface area (Å²) in [5.74, 6) is -0.0476. The van der Waals surface area contributed by atoms with Gasteiger partial charge in [-0.25, -0.2) is 0 Å².